The molecule has 2 aromatic rings. The number of thioether (sulfide) groups is 1. The summed E-state index contributed by atoms with van der Waals surface area (Å²) in [6, 6.07) is 3.36. The SMILES string of the molecule is CC(C)(C)OC(=O)N1C[C@@H](N2CCC(c3nnc(-c4ccncc4)o3)CC2)C[C@H]1C(=O)N1CCSC1. The number of hydrogen-bond donors (Lipinski definition) is 0. The average molecular weight is 515 g/mol. The van der Waals surface area contributed by atoms with Crippen molar-refractivity contribution in [2.75, 3.05) is 37.8 Å². The summed E-state index contributed by atoms with van der Waals surface area (Å²) in [5.41, 5.74) is 0.255. The molecule has 3 aliphatic rings. The van der Waals surface area contributed by atoms with Crippen LogP contribution in [0.15, 0.2) is 28.9 Å². The summed E-state index contributed by atoms with van der Waals surface area (Å²) in [5, 5.41) is 8.53. The Balaban J connectivity index is 1.23. The van der Waals surface area contributed by atoms with Gasteiger partial charge < -0.3 is 14.1 Å². The molecule has 0 saturated carbocycles. The maximum atomic E-state index is 13.3. The molecule has 2 atom stereocenters. The fourth-order valence-electron chi connectivity index (χ4n) is 5.16. The summed E-state index contributed by atoms with van der Waals surface area (Å²) in [4.78, 5) is 36.3. The van der Waals surface area contributed by atoms with Gasteiger partial charge in [0.25, 0.3) is 0 Å². The lowest BCUT2D eigenvalue weighted by Gasteiger charge is -2.34. The second-order valence-electron chi connectivity index (χ2n) is 10.7. The number of nitrogens with zero attached hydrogens (tertiary/aromatic N) is 6. The van der Waals surface area contributed by atoms with E-state index in [-0.39, 0.29) is 17.9 Å². The largest absolute Gasteiger partial charge is 0.444 e. The number of likely N-dealkylation sites (tertiary alicyclic amines) is 2. The van der Waals surface area contributed by atoms with E-state index in [9.17, 15) is 9.59 Å². The lowest BCUT2D eigenvalue weighted by molar-refractivity contribution is -0.134. The molecule has 10 nitrogen and oxygen atoms in total. The first-order chi connectivity index (χ1) is 17.3. The Morgan fingerprint density at radius 1 is 1.11 bits per heavy atom. The van der Waals surface area contributed by atoms with Crippen LogP contribution in [0.4, 0.5) is 4.79 Å². The van der Waals surface area contributed by atoms with Gasteiger partial charge in [-0.25, -0.2) is 4.79 Å². The summed E-state index contributed by atoms with van der Waals surface area (Å²) in [6.45, 7) is 8.52. The third kappa shape index (κ3) is 5.51. The van der Waals surface area contributed by atoms with E-state index in [4.69, 9.17) is 9.15 Å². The Kier molecular flexibility index (Phi) is 7.21. The summed E-state index contributed by atoms with van der Waals surface area (Å²) in [5.74, 6) is 3.06. The summed E-state index contributed by atoms with van der Waals surface area (Å²) in [6.07, 6.45) is 5.43. The van der Waals surface area contributed by atoms with Gasteiger partial charge in [-0.05, 0) is 65.3 Å². The van der Waals surface area contributed by atoms with Crippen molar-refractivity contribution in [1.82, 2.24) is 29.9 Å². The topological polar surface area (TPSA) is 105 Å². The van der Waals surface area contributed by atoms with Crippen LogP contribution in [0.5, 0.6) is 0 Å². The lowest BCUT2D eigenvalue weighted by Crippen LogP contribution is -2.48. The summed E-state index contributed by atoms with van der Waals surface area (Å²) < 4.78 is 11.7. The molecule has 0 aromatic carbocycles. The second-order valence-corrected chi connectivity index (χ2v) is 11.7. The van der Waals surface area contributed by atoms with Crippen LogP contribution in [0.2, 0.25) is 0 Å². The van der Waals surface area contributed by atoms with E-state index in [0.29, 0.717) is 30.6 Å². The molecule has 2 aromatic heterocycles. The van der Waals surface area contributed by atoms with E-state index < -0.39 is 17.7 Å². The number of piperidine rings is 1. The van der Waals surface area contributed by atoms with Gasteiger partial charge in [-0.15, -0.1) is 22.0 Å². The Hall–Kier alpha value is -2.66. The maximum absolute atomic E-state index is 13.3. The number of carbonyl (C=O) groups is 2. The number of pyridine rings is 1. The van der Waals surface area contributed by atoms with Gasteiger partial charge in [0.2, 0.25) is 17.7 Å². The molecule has 11 heteroatoms. The highest BCUT2D eigenvalue weighted by Gasteiger charge is 2.45. The van der Waals surface area contributed by atoms with Gasteiger partial charge in [-0.2, -0.15) is 0 Å². The van der Waals surface area contributed by atoms with Crippen LogP contribution in [0, 0.1) is 0 Å². The van der Waals surface area contributed by atoms with Gasteiger partial charge in [0.05, 0.1) is 5.88 Å². The first-order valence-electron chi connectivity index (χ1n) is 12.6. The monoisotopic (exact) mass is 514 g/mol. The molecule has 0 bridgehead atoms. The van der Waals surface area contributed by atoms with Crippen molar-refractivity contribution in [3.05, 3.63) is 30.4 Å². The third-order valence-corrected chi connectivity index (χ3v) is 7.98. The molecule has 0 unspecified atom stereocenters. The summed E-state index contributed by atoms with van der Waals surface area (Å²) in [7, 11) is 0. The van der Waals surface area contributed by atoms with Crippen molar-refractivity contribution in [3.63, 3.8) is 0 Å². The van der Waals surface area contributed by atoms with E-state index in [1.807, 2.05) is 37.8 Å². The zero-order valence-corrected chi connectivity index (χ0v) is 21.9. The minimum absolute atomic E-state index is 0.0396. The molecule has 5 rings (SSSR count). The number of ether oxygens (including phenoxy) is 1. The van der Waals surface area contributed by atoms with Gasteiger partial charge in [0.1, 0.15) is 11.6 Å². The second kappa shape index (κ2) is 10.4. The first kappa shape index (κ1) is 25.0. The lowest BCUT2D eigenvalue weighted by atomic mass is 9.95. The molecule has 0 radical (unpaired) electrons. The standard InChI is InChI=1S/C25H34N6O4S/c1-25(2,3)35-24(33)31-15-19(14-20(31)23(32)30-12-13-36-16-30)29-10-6-18(7-11-29)22-28-27-21(34-22)17-4-8-26-9-5-17/h4-5,8-9,18-20H,6-7,10-16H2,1-3H3/t19-,20-/m0/s1. The highest BCUT2D eigenvalue weighted by Crippen LogP contribution is 2.33. The van der Waals surface area contributed by atoms with Crippen molar-refractivity contribution >= 4 is 23.8 Å². The molecule has 5 heterocycles. The smallest absolute Gasteiger partial charge is 0.411 e. The zero-order valence-electron chi connectivity index (χ0n) is 21.1. The fourth-order valence-corrected chi connectivity index (χ4v) is 6.11. The minimum atomic E-state index is -0.607. The highest BCUT2D eigenvalue weighted by molar-refractivity contribution is 7.99. The molecule has 0 aliphatic carbocycles. The van der Waals surface area contributed by atoms with E-state index in [1.54, 1.807) is 29.1 Å². The molecule has 3 aliphatic heterocycles. The number of hydrogen-bond acceptors (Lipinski definition) is 9. The summed E-state index contributed by atoms with van der Waals surface area (Å²) >= 11 is 1.75. The first-order valence-corrected chi connectivity index (χ1v) is 13.8. The molecule has 194 valence electrons. The van der Waals surface area contributed by atoms with Crippen LogP contribution >= 0.6 is 11.8 Å². The van der Waals surface area contributed by atoms with Crippen LogP contribution in [-0.2, 0) is 9.53 Å². The van der Waals surface area contributed by atoms with Crippen molar-refractivity contribution in [3.8, 4) is 11.5 Å². The predicted molar refractivity (Wildman–Crippen MR) is 135 cm³/mol. The van der Waals surface area contributed by atoms with Crippen LogP contribution in [0.1, 0.15) is 51.8 Å². The van der Waals surface area contributed by atoms with Crippen molar-refractivity contribution in [2.24, 2.45) is 0 Å². The predicted octanol–water partition coefficient (Wildman–Crippen LogP) is 3.22. The molecular weight excluding hydrogens is 480 g/mol. The quantitative estimate of drug-likeness (QED) is 0.608. The van der Waals surface area contributed by atoms with Crippen molar-refractivity contribution in [1.29, 1.82) is 0 Å². The maximum Gasteiger partial charge on any atom is 0.411 e. The molecule has 3 fully saturated rings. The Bertz CT molecular complexity index is 1060. The minimum Gasteiger partial charge on any atom is -0.444 e. The molecule has 0 N–H and O–H groups in total. The van der Waals surface area contributed by atoms with Gasteiger partial charge >= 0.3 is 6.09 Å². The van der Waals surface area contributed by atoms with Crippen LogP contribution < -0.4 is 0 Å². The van der Waals surface area contributed by atoms with Gasteiger partial charge in [0.15, 0.2) is 0 Å². The van der Waals surface area contributed by atoms with Crippen LogP contribution in [-0.4, -0.2) is 97.4 Å². The Morgan fingerprint density at radius 2 is 1.86 bits per heavy atom. The van der Waals surface area contributed by atoms with Crippen LogP contribution in [0.3, 0.4) is 0 Å². The van der Waals surface area contributed by atoms with Gasteiger partial charge in [-0.1, -0.05) is 0 Å². The molecule has 36 heavy (non-hydrogen) atoms. The van der Waals surface area contributed by atoms with E-state index in [0.717, 1.165) is 43.8 Å². The Morgan fingerprint density at radius 3 is 2.53 bits per heavy atom. The number of amides is 2. The van der Waals surface area contributed by atoms with Gasteiger partial charge in [0, 0.05) is 48.8 Å². The van der Waals surface area contributed by atoms with Gasteiger partial charge in [-0.3, -0.25) is 19.6 Å². The molecule has 3 saturated heterocycles. The number of aromatic nitrogens is 3. The molecular formula is C25H34N6O4S. The van der Waals surface area contributed by atoms with Crippen molar-refractivity contribution < 1.29 is 18.7 Å². The third-order valence-electron chi connectivity index (χ3n) is 7.02. The fraction of sp³-hybridized carbons (Fsp3) is 0.640. The van der Waals surface area contributed by atoms with E-state index >= 15 is 0 Å². The molecule has 0 spiro atoms. The Labute approximate surface area is 215 Å². The zero-order chi connectivity index (χ0) is 25.3. The molecule has 2 amide bonds. The van der Waals surface area contributed by atoms with E-state index in [2.05, 4.69) is 20.1 Å². The van der Waals surface area contributed by atoms with E-state index in [1.165, 1.54) is 0 Å². The average Bonchev–Trinajstić information content (AvgIpc) is 3.64. The normalized spacial score (nSPS) is 23.9. The number of rotatable bonds is 4. The van der Waals surface area contributed by atoms with Crippen molar-refractivity contribution in [2.45, 2.75) is 63.6 Å². The number of carbonyl (C=O) groups excluding carboxylic acids is 2. The van der Waals surface area contributed by atoms with Crippen LogP contribution in [0.25, 0.3) is 11.5 Å². The highest BCUT2D eigenvalue weighted by atomic mass is 32.2.